The Morgan fingerprint density at radius 3 is 2.95 bits per heavy atom. The number of aromatic nitrogens is 2. The van der Waals surface area contributed by atoms with Crippen molar-refractivity contribution in [2.24, 2.45) is 5.16 Å². The Hall–Kier alpha value is -1.75. The van der Waals surface area contributed by atoms with Crippen molar-refractivity contribution in [2.45, 2.75) is 36.1 Å². The van der Waals surface area contributed by atoms with Gasteiger partial charge in [-0.05, 0) is 37.8 Å². The highest BCUT2D eigenvalue weighted by molar-refractivity contribution is 8.00. The number of fused-ring (bicyclic) bond motifs is 1. The number of para-hydroxylation sites is 2. The largest absolute Gasteiger partial charge is 0.411 e. The van der Waals surface area contributed by atoms with E-state index in [2.05, 4.69) is 27.3 Å². The maximum Gasteiger partial charge on any atom is 0.167 e. The predicted molar refractivity (Wildman–Crippen MR) is 82.6 cm³/mol. The molecule has 2 N–H and O–H groups in total. The lowest BCUT2D eigenvalue weighted by molar-refractivity contribution is 0.316. The molecule has 20 heavy (non-hydrogen) atoms. The van der Waals surface area contributed by atoms with E-state index in [9.17, 15) is 5.21 Å². The Morgan fingerprint density at radius 2 is 2.10 bits per heavy atom. The van der Waals surface area contributed by atoms with E-state index >= 15 is 0 Å². The van der Waals surface area contributed by atoms with E-state index in [-0.39, 0.29) is 5.25 Å². The van der Waals surface area contributed by atoms with E-state index in [1.165, 1.54) is 0 Å². The number of hydrogen-bond donors (Lipinski definition) is 2. The summed E-state index contributed by atoms with van der Waals surface area (Å²) in [4.78, 5) is 7.90. The smallest absolute Gasteiger partial charge is 0.167 e. The summed E-state index contributed by atoms with van der Waals surface area (Å²) < 4.78 is 0. The fraction of sp³-hybridized carbons (Fsp3) is 0.333. The summed E-state index contributed by atoms with van der Waals surface area (Å²) >= 11 is 1.65. The summed E-state index contributed by atoms with van der Waals surface area (Å²) in [6, 6.07) is 8.00. The van der Waals surface area contributed by atoms with Gasteiger partial charge in [-0.15, -0.1) is 0 Å². The van der Waals surface area contributed by atoms with Gasteiger partial charge in [0.15, 0.2) is 5.16 Å². The molecule has 1 aliphatic carbocycles. The molecule has 4 nitrogen and oxygen atoms in total. The summed E-state index contributed by atoms with van der Waals surface area (Å²) in [5.74, 6) is 0. The van der Waals surface area contributed by atoms with E-state index in [1.54, 1.807) is 11.8 Å². The summed E-state index contributed by atoms with van der Waals surface area (Å²) in [5, 5.41) is 13.8. The highest BCUT2D eigenvalue weighted by Crippen LogP contribution is 2.29. The zero-order valence-electron chi connectivity index (χ0n) is 11.1. The van der Waals surface area contributed by atoms with Crippen molar-refractivity contribution in [2.75, 3.05) is 0 Å². The minimum atomic E-state index is 0.186. The van der Waals surface area contributed by atoms with E-state index < -0.39 is 0 Å². The van der Waals surface area contributed by atoms with Crippen LogP contribution in [0.15, 0.2) is 46.7 Å². The van der Waals surface area contributed by atoms with Crippen LogP contribution in [0, 0.1) is 0 Å². The van der Waals surface area contributed by atoms with Crippen LogP contribution >= 0.6 is 11.8 Å². The molecule has 0 radical (unpaired) electrons. The first-order valence-corrected chi connectivity index (χ1v) is 7.72. The lowest BCUT2D eigenvalue weighted by Crippen LogP contribution is -2.18. The van der Waals surface area contributed by atoms with Crippen molar-refractivity contribution < 1.29 is 5.21 Å². The van der Waals surface area contributed by atoms with Crippen molar-refractivity contribution >= 4 is 28.5 Å². The minimum Gasteiger partial charge on any atom is -0.411 e. The predicted octanol–water partition coefficient (Wildman–Crippen LogP) is 3.98. The Labute approximate surface area is 122 Å². The molecule has 0 unspecified atom stereocenters. The molecular weight excluding hydrogens is 270 g/mol. The van der Waals surface area contributed by atoms with Crippen LogP contribution in [0.1, 0.15) is 25.7 Å². The normalized spacial score (nSPS) is 22.0. The van der Waals surface area contributed by atoms with Gasteiger partial charge < -0.3 is 10.2 Å². The first-order chi connectivity index (χ1) is 9.86. The fourth-order valence-corrected chi connectivity index (χ4v) is 3.55. The number of hydrogen-bond acceptors (Lipinski definition) is 4. The van der Waals surface area contributed by atoms with Crippen molar-refractivity contribution in [3.63, 3.8) is 0 Å². The third kappa shape index (κ3) is 2.88. The molecule has 1 aromatic heterocycles. The van der Waals surface area contributed by atoms with Gasteiger partial charge >= 0.3 is 0 Å². The molecule has 0 spiro atoms. The molecule has 0 saturated heterocycles. The van der Waals surface area contributed by atoms with E-state index in [0.717, 1.165) is 47.6 Å². The number of allylic oxidation sites excluding steroid dienone is 2. The molecule has 3 rings (SSSR count). The SMILES string of the molecule is O/N=C1\CCC=CCC[C@H]1Sc1nc2ccccc2[nH]1. The van der Waals surface area contributed by atoms with Crippen molar-refractivity contribution in [1.82, 2.24) is 9.97 Å². The number of thioether (sulfide) groups is 1. The fourth-order valence-electron chi connectivity index (χ4n) is 2.40. The first-order valence-electron chi connectivity index (χ1n) is 6.84. The summed E-state index contributed by atoms with van der Waals surface area (Å²) in [6.45, 7) is 0. The van der Waals surface area contributed by atoms with E-state index in [4.69, 9.17) is 0 Å². The number of aromatic amines is 1. The zero-order valence-corrected chi connectivity index (χ0v) is 11.9. The second-order valence-electron chi connectivity index (χ2n) is 4.84. The number of oxime groups is 1. The van der Waals surface area contributed by atoms with Crippen LogP contribution in [-0.2, 0) is 0 Å². The van der Waals surface area contributed by atoms with Crippen LogP contribution in [0.2, 0.25) is 0 Å². The maximum atomic E-state index is 9.22. The standard InChI is InChI=1S/C15H17N3OS/c19-18-13-9-3-1-2-4-10-14(13)20-15-16-11-7-5-6-8-12(11)17-15/h1-2,5-8,14,19H,3-4,9-10H2,(H,16,17)/b2-1?,18-13+/t14-/m1/s1. The first kappa shape index (κ1) is 13.2. The zero-order chi connectivity index (χ0) is 13.8. The van der Waals surface area contributed by atoms with Gasteiger partial charge in [0.25, 0.3) is 0 Å². The average Bonchev–Trinajstić information content (AvgIpc) is 2.84. The lowest BCUT2D eigenvalue weighted by Gasteiger charge is -2.17. The van der Waals surface area contributed by atoms with Crippen LogP contribution in [-0.4, -0.2) is 26.1 Å². The van der Waals surface area contributed by atoms with E-state index in [1.807, 2.05) is 24.3 Å². The Balaban J connectivity index is 1.82. The molecule has 0 amide bonds. The third-order valence-electron chi connectivity index (χ3n) is 3.45. The molecule has 1 heterocycles. The van der Waals surface area contributed by atoms with Gasteiger partial charge in [0.05, 0.1) is 22.0 Å². The number of rotatable bonds is 2. The van der Waals surface area contributed by atoms with Crippen LogP contribution in [0.4, 0.5) is 0 Å². The molecular formula is C15H17N3OS. The quantitative estimate of drug-likeness (QED) is 0.499. The van der Waals surface area contributed by atoms with Gasteiger partial charge in [0.1, 0.15) is 0 Å². The topological polar surface area (TPSA) is 61.3 Å². The molecule has 0 fully saturated rings. The highest BCUT2D eigenvalue weighted by Gasteiger charge is 2.20. The van der Waals surface area contributed by atoms with Crippen molar-refractivity contribution in [3.05, 3.63) is 36.4 Å². The molecule has 0 bridgehead atoms. The summed E-state index contributed by atoms with van der Waals surface area (Å²) in [5.41, 5.74) is 2.88. The molecule has 104 valence electrons. The molecule has 5 heteroatoms. The van der Waals surface area contributed by atoms with Crippen LogP contribution < -0.4 is 0 Å². The molecule has 2 aromatic rings. The monoisotopic (exact) mass is 287 g/mol. The highest BCUT2D eigenvalue weighted by atomic mass is 32.2. The minimum absolute atomic E-state index is 0.186. The third-order valence-corrected chi connectivity index (χ3v) is 4.66. The molecule has 0 aliphatic heterocycles. The average molecular weight is 287 g/mol. The second kappa shape index (κ2) is 6.13. The van der Waals surface area contributed by atoms with Crippen molar-refractivity contribution in [3.8, 4) is 0 Å². The summed E-state index contributed by atoms with van der Waals surface area (Å²) in [7, 11) is 0. The lowest BCUT2D eigenvalue weighted by atomic mass is 10.0. The summed E-state index contributed by atoms with van der Waals surface area (Å²) in [6.07, 6.45) is 8.10. The van der Waals surface area contributed by atoms with Gasteiger partial charge in [-0.2, -0.15) is 0 Å². The molecule has 1 aliphatic rings. The van der Waals surface area contributed by atoms with Gasteiger partial charge in [-0.1, -0.05) is 41.2 Å². The number of nitrogens with one attached hydrogen (secondary N) is 1. The Kier molecular flexibility index (Phi) is 4.06. The Morgan fingerprint density at radius 1 is 1.25 bits per heavy atom. The molecule has 1 atom stereocenters. The number of nitrogens with zero attached hydrogens (tertiary/aromatic N) is 2. The van der Waals surface area contributed by atoms with Crippen LogP contribution in [0.3, 0.4) is 0 Å². The number of imidazole rings is 1. The molecule has 0 saturated carbocycles. The Bertz CT molecular complexity index is 614. The van der Waals surface area contributed by atoms with Gasteiger partial charge in [0.2, 0.25) is 0 Å². The van der Waals surface area contributed by atoms with E-state index in [0.29, 0.717) is 0 Å². The van der Waals surface area contributed by atoms with Crippen LogP contribution in [0.5, 0.6) is 0 Å². The molecule has 1 aromatic carbocycles. The van der Waals surface area contributed by atoms with Gasteiger partial charge in [-0.3, -0.25) is 0 Å². The number of benzene rings is 1. The maximum absolute atomic E-state index is 9.22. The van der Waals surface area contributed by atoms with Gasteiger partial charge in [0, 0.05) is 0 Å². The van der Waals surface area contributed by atoms with Gasteiger partial charge in [-0.25, -0.2) is 4.98 Å². The van der Waals surface area contributed by atoms with Crippen LogP contribution in [0.25, 0.3) is 11.0 Å². The second-order valence-corrected chi connectivity index (χ2v) is 6.04. The number of H-pyrrole nitrogens is 1. The van der Waals surface area contributed by atoms with Crippen molar-refractivity contribution in [1.29, 1.82) is 0 Å².